The predicted molar refractivity (Wildman–Crippen MR) is 277 cm³/mol. The number of hydrogen-bond donors (Lipinski definition) is 3. The van der Waals surface area contributed by atoms with Crippen LogP contribution in [0.25, 0.3) is 10.8 Å². The summed E-state index contributed by atoms with van der Waals surface area (Å²) in [6, 6.07) is 22.1. The lowest BCUT2D eigenvalue weighted by Gasteiger charge is -2.31. The lowest BCUT2D eigenvalue weighted by atomic mass is 9.89. The van der Waals surface area contributed by atoms with E-state index in [2.05, 4.69) is 15.3 Å². The van der Waals surface area contributed by atoms with Crippen LogP contribution in [0.4, 0.5) is 0 Å². The van der Waals surface area contributed by atoms with Crippen molar-refractivity contribution < 1.29 is 72.0 Å². The van der Waals surface area contributed by atoms with E-state index in [1.54, 1.807) is 20.8 Å². The van der Waals surface area contributed by atoms with Crippen molar-refractivity contribution in [3.8, 4) is 23.0 Å². The second kappa shape index (κ2) is 26.5. The minimum absolute atomic E-state index is 0.00557. The summed E-state index contributed by atoms with van der Waals surface area (Å²) in [6.07, 6.45) is 1.34. The van der Waals surface area contributed by atoms with Crippen molar-refractivity contribution >= 4 is 34.6 Å². The zero-order chi connectivity index (χ0) is 54.5. The van der Waals surface area contributed by atoms with E-state index in [-0.39, 0.29) is 66.9 Å². The summed E-state index contributed by atoms with van der Waals surface area (Å²) in [5, 5.41) is 25.8. The fourth-order valence-electron chi connectivity index (χ4n) is 9.63. The summed E-state index contributed by atoms with van der Waals surface area (Å²) in [5.74, 6) is -4.74. The Kier molecular flexibility index (Phi) is 19.7. The molecule has 406 valence electrons. The van der Waals surface area contributed by atoms with Crippen molar-refractivity contribution in [3.63, 3.8) is 0 Å². The fourth-order valence-corrected chi connectivity index (χ4v) is 9.63. The summed E-state index contributed by atoms with van der Waals surface area (Å²) in [6.45, 7) is 8.84. The molecule has 1 amide bonds. The third-order valence-electron chi connectivity index (χ3n) is 13.7. The molecule has 2 saturated heterocycles. The van der Waals surface area contributed by atoms with Gasteiger partial charge in [0.2, 0.25) is 6.54 Å². The first-order valence-corrected chi connectivity index (χ1v) is 25.6. The van der Waals surface area contributed by atoms with Crippen LogP contribution < -0.4 is 14.8 Å². The minimum atomic E-state index is -1.43. The lowest BCUT2D eigenvalue weighted by Crippen LogP contribution is -2.46. The van der Waals surface area contributed by atoms with E-state index in [0.717, 1.165) is 27.5 Å². The van der Waals surface area contributed by atoms with Gasteiger partial charge in [-0.25, -0.2) is 14.6 Å². The first kappa shape index (κ1) is 56.5. The Hall–Kier alpha value is -7.22. The van der Waals surface area contributed by atoms with E-state index in [9.17, 15) is 34.3 Å². The molecule has 2 aliphatic rings. The van der Waals surface area contributed by atoms with E-state index in [1.165, 1.54) is 38.7 Å². The molecule has 2 aromatic heterocycles. The third-order valence-corrected chi connectivity index (χ3v) is 13.7. The molecule has 5 aromatic rings. The van der Waals surface area contributed by atoms with E-state index in [1.807, 2.05) is 80.6 Å². The number of benzene rings is 3. The number of aromatic nitrogens is 2. The Morgan fingerprint density at radius 2 is 1.43 bits per heavy atom. The maximum atomic E-state index is 14.3. The van der Waals surface area contributed by atoms with Gasteiger partial charge in [-0.2, -0.15) is 0 Å². The van der Waals surface area contributed by atoms with E-state index in [0.29, 0.717) is 37.1 Å². The molecule has 9 unspecified atom stereocenters. The van der Waals surface area contributed by atoms with Crippen molar-refractivity contribution in [1.29, 1.82) is 0 Å². The molecule has 9 atom stereocenters. The predicted octanol–water partition coefficient (Wildman–Crippen LogP) is 6.67. The third kappa shape index (κ3) is 14.4. The number of nitroso groups, excluding NO2 is 1. The number of carbonyl (C=O) groups is 4. The van der Waals surface area contributed by atoms with Crippen LogP contribution in [0.1, 0.15) is 73.9 Å². The molecule has 0 aliphatic carbocycles. The molecule has 7 rings (SSSR count). The first-order chi connectivity index (χ1) is 36.5. The number of hydrogen-bond acceptors (Lipinski definition) is 17. The zero-order valence-electron chi connectivity index (χ0n) is 44.0. The number of rotatable bonds is 19. The van der Waals surface area contributed by atoms with Crippen molar-refractivity contribution in [3.05, 3.63) is 124 Å². The molecule has 0 bridgehead atoms. The van der Waals surface area contributed by atoms with Crippen LogP contribution in [0.15, 0.2) is 91.3 Å². The summed E-state index contributed by atoms with van der Waals surface area (Å²) in [4.78, 5) is 76.6. The quantitative estimate of drug-likeness (QED) is 0.0445. The van der Waals surface area contributed by atoms with Crippen molar-refractivity contribution in [2.75, 3.05) is 47.3 Å². The SMILES string of the molecule is COc1ccnc(C[N+](=O)C2COCC(Cc3cccc4ccccc34)C(OC(=O)C(C)Cc3cccc(CCC4COCC(NC(=O)c5nccc(OC)c5O)C(=O)OC(C)C4OCC(C)C)c3)C(C)OC2=O)c1O. The van der Waals surface area contributed by atoms with Gasteiger partial charge in [-0.15, -0.1) is 0 Å². The van der Waals surface area contributed by atoms with E-state index >= 15 is 0 Å². The molecule has 3 aromatic carbocycles. The van der Waals surface area contributed by atoms with Gasteiger partial charge in [-0.1, -0.05) is 87.5 Å². The van der Waals surface area contributed by atoms with Crippen molar-refractivity contribution in [1.82, 2.24) is 15.3 Å². The maximum Gasteiger partial charge on any atom is 0.382 e. The molecule has 3 N–H and O–H groups in total. The highest BCUT2D eigenvalue weighted by Crippen LogP contribution is 2.32. The number of ether oxygens (including phenoxy) is 8. The van der Waals surface area contributed by atoms with Crippen LogP contribution in [0.2, 0.25) is 0 Å². The van der Waals surface area contributed by atoms with Gasteiger partial charge >= 0.3 is 23.9 Å². The lowest BCUT2D eigenvalue weighted by molar-refractivity contribution is -0.593. The summed E-state index contributed by atoms with van der Waals surface area (Å²) < 4.78 is 47.7. The molecule has 4 heterocycles. The van der Waals surface area contributed by atoms with Crippen LogP contribution in [0, 0.1) is 28.6 Å². The fraction of sp³-hybridized carbons (Fsp3) is 0.474. The highest BCUT2D eigenvalue weighted by atomic mass is 16.6. The van der Waals surface area contributed by atoms with Gasteiger partial charge < -0.3 is 53.4 Å². The highest BCUT2D eigenvalue weighted by molar-refractivity contribution is 5.98. The normalized spacial score (nSPS) is 22.8. The van der Waals surface area contributed by atoms with Gasteiger partial charge in [-0.05, 0) is 72.9 Å². The number of esters is 3. The minimum Gasteiger partial charge on any atom is -0.503 e. The van der Waals surface area contributed by atoms with Gasteiger partial charge in [-0.3, -0.25) is 14.6 Å². The molecule has 19 nitrogen and oxygen atoms in total. The summed E-state index contributed by atoms with van der Waals surface area (Å²) in [5.41, 5.74) is 2.54. The highest BCUT2D eigenvalue weighted by Gasteiger charge is 2.43. The Morgan fingerprint density at radius 3 is 2.20 bits per heavy atom. The molecule has 76 heavy (non-hydrogen) atoms. The number of amides is 1. The first-order valence-electron chi connectivity index (χ1n) is 25.6. The summed E-state index contributed by atoms with van der Waals surface area (Å²) >= 11 is 0. The number of pyridine rings is 2. The number of aryl methyl sites for hydroxylation is 1. The van der Waals surface area contributed by atoms with Crippen LogP contribution in [-0.2, 0) is 68.6 Å². The Labute approximate surface area is 442 Å². The number of aromatic hydroxyl groups is 2. The second-order valence-corrected chi connectivity index (χ2v) is 19.9. The van der Waals surface area contributed by atoms with Crippen LogP contribution in [-0.4, -0.2) is 133 Å². The van der Waals surface area contributed by atoms with Gasteiger partial charge in [0.1, 0.15) is 24.9 Å². The summed E-state index contributed by atoms with van der Waals surface area (Å²) in [7, 11) is 2.72. The molecule has 0 saturated carbocycles. The topological polar surface area (TPSA) is 240 Å². The van der Waals surface area contributed by atoms with Gasteiger partial charge in [0.05, 0.1) is 46.1 Å². The molecule has 2 fully saturated rings. The standard InChI is InChI=1S/C57H68N4O15/c1-33(2)28-73-52-35(4)74-56(66)45(60-54(64)49-51(63)48(70-7)21-23-59-49)31-71-29-41(52)19-18-37-12-10-13-38(25-37)24-34(3)55(65)76-53-36(5)75-57(67)46(61(68)27-44-50(62)47(69-6)20-22-58-44)32-72-30-42(53)26-40-16-11-15-39-14-8-9-17-43(39)40/h8-17,20-23,25,33-36,41-42,45-46,52-53H,18-19,24,26-32H2,1-7H3,(H2-,60,62,63,64)/p+1. The number of carbonyl (C=O) groups excluding carboxylic acids is 4. The Bertz CT molecular complexity index is 2820. The average molecular weight is 1050 g/mol. The van der Waals surface area contributed by atoms with Gasteiger partial charge in [0.15, 0.2) is 40.4 Å². The second-order valence-electron chi connectivity index (χ2n) is 19.9. The number of methoxy groups -OCH3 is 2. The van der Waals surface area contributed by atoms with Crippen LogP contribution >= 0.6 is 0 Å². The largest absolute Gasteiger partial charge is 0.503 e. The number of nitrogens with zero attached hydrogens (tertiary/aromatic N) is 3. The zero-order valence-corrected chi connectivity index (χ0v) is 44.0. The maximum absolute atomic E-state index is 14.3. The van der Waals surface area contributed by atoms with Gasteiger partial charge in [0.25, 0.3) is 5.91 Å². The molecular weight excluding hydrogens is 981 g/mol. The Morgan fingerprint density at radius 1 is 0.776 bits per heavy atom. The number of fused-ring (bicyclic) bond motifs is 1. The van der Waals surface area contributed by atoms with Crippen LogP contribution in [0.5, 0.6) is 23.0 Å². The van der Waals surface area contributed by atoms with Crippen LogP contribution in [0.3, 0.4) is 0 Å². The molecule has 0 radical (unpaired) electrons. The van der Waals surface area contributed by atoms with E-state index < -0.39 is 84.4 Å². The van der Waals surface area contributed by atoms with E-state index in [4.69, 9.17) is 37.9 Å². The number of nitrogens with one attached hydrogen (secondary N) is 1. The smallest absolute Gasteiger partial charge is 0.382 e. The van der Waals surface area contributed by atoms with Crippen molar-refractivity contribution in [2.24, 2.45) is 23.7 Å². The monoisotopic (exact) mass is 1050 g/mol. The average Bonchev–Trinajstić information content (AvgIpc) is 3.48. The Balaban J connectivity index is 1.04. The molecule has 2 aliphatic heterocycles. The molecule has 0 spiro atoms. The molecular formula is C57H69N4O15+. The molecule has 19 heteroatoms. The van der Waals surface area contributed by atoms with Gasteiger partial charge in [0, 0.05) is 52.6 Å². The number of cyclic esters (lactones) is 2. The van der Waals surface area contributed by atoms with Crippen molar-refractivity contribution in [2.45, 2.75) is 103 Å².